The molecule has 84 valence electrons. The normalized spacial score (nSPS) is 35.1. The first-order chi connectivity index (χ1) is 7.67. The van der Waals surface area contributed by atoms with Gasteiger partial charge in [-0.1, -0.05) is 12.2 Å². The maximum absolute atomic E-state index is 11.7. The van der Waals surface area contributed by atoms with E-state index in [1.165, 1.54) is 0 Å². The SMILES string of the molecule is Nc1ccn([C@@]23C=C[C@@H](CO)[C@@H]2C3)c(=O)n1. The van der Waals surface area contributed by atoms with Crippen LogP contribution in [0.1, 0.15) is 6.42 Å². The Morgan fingerprint density at radius 1 is 1.69 bits per heavy atom. The monoisotopic (exact) mass is 219 g/mol. The van der Waals surface area contributed by atoms with E-state index in [2.05, 4.69) is 4.98 Å². The molecular formula is C11H13N3O2. The van der Waals surface area contributed by atoms with Crippen LogP contribution in [-0.2, 0) is 5.54 Å². The highest BCUT2D eigenvalue weighted by molar-refractivity contribution is 5.32. The molecule has 0 spiro atoms. The Balaban J connectivity index is 2.02. The number of nitrogens with zero attached hydrogens (tertiary/aromatic N) is 2. The minimum Gasteiger partial charge on any atom is -0.396 e. The molecular weight excluding hydrogens is 206 g/mol. The molecule has 2 aliphatic rings. The molecule has 3 atom stereocenters. The average Bonchev–Trinajstić information content (AvgIpc) is 2.86. The lowest BCUT2D eigenvalue weighted by Crippen LogP contribution is -2.31. The number of hydrogen-bond acceptors (Lipinski definition) is 4. The predicted octanol–water partition coefficient (Wildman–Crippen LogP) is -0.281. The van der Waals surface area contributed by atoms with Gasteiger partial charge in [0.15, 0.2) is 0 Å². The highest BCUT2D eigenvalue weighted by Crippen LogP contribution is 2.59. The first-order valence-corrected chi connectivity index (χ1v) is 5.33. The molecule has 0 aromatic carbocycles. The molecule has 5 heteroatoms. The summed E-state index contributed by atoms with van der Waals surface area (Å²) in [6, 6.07) is 1.63. The third-order valence-electron chi connectivity index (χ3n) is 3.66. The van der Waals surface area contributed by atoms with E-state index in [9.17, 15) is 4.79 Å². The van der Waals surface area contributed by atoms with E-state index < -0.39 is 0 Å². The second-order valence-electron chi connectivity index (χ2n) is 4.51. The fourth-order valence-electron chi connectivity index (χ4n) is 2.71. The highest BCUT2D eigenvalue weighted by Gasteiger charge is 2.60. The zero-order chi connectivity index (χ0) is 11.3. The molecule has 1 aromatic heterocycles. The molecule has 1 heterocycles. The second kappa shape index (κ2) is 2.95. The first-order valence-electron chi connectivity index (χ1n) is 5.33. The molecule has 3 rings (SSSR count). The van der Waals surface area contributed by atoms with Crippen molar-refractivity contribution in [3.05, 3.63) is 34.9 Å². The van der Waals surface area contributed by atoms with E-state index in [-0.39, 0.29) is 29.6 Å². The Morgan fingerprint density at radius 3 is 3.06 bits per heavy atom. The zero-order valence-electron chi connectivity index (χ0n) is 8.71. The van der Waals surface area contributed by atoms with E-state index in [1.807, 2.05) is 12.2 Å². The number of hydrogen-bond donors (Lipinski definition) is 2. The van der Waals surface area contributed by atoms with Crippen LogP contribution in [-0.4, -0.2) is 21.3 Å². The number of aliphatic hydroxyl groups excluding tert-OH is 1. The molecule has 1 fully saturated rings. The van der Waals surface area contributed by atoms with Gasteiger partial charge in [0.25, 0.3) is 0 Å². The summed E-state index contributed by atoms with van der Waals surface area (Å²) in [6.45, 7) is 0.139. The quantitative estimate of drug-likeness (QED) is 0.670. The van der Waals surface area contributed by atoms with Gasteiger partial charge in [-0.05, 0) is 18.4 Å². The molecule has 2 aliphatic carbocycles. The van der Waals surface area contributed by atoms with Crippen molar-refractivity contribution in [2.75, 3.05) is 12.3 Å². The summed E-state index contributed by atoms with van der Waals surface area (Å²) in [6.07, 6.45) is 6.59. The summed E-state index contributed by atoms with van der Waals surface area (Å²) >= 11 is 0. The third-order valence-corrected chi connectivity index (χ3v) is 3.66. The molecule has 0 saturated heterocycles. The fraction of sp³-hybridized carbons (Fsp3) is 0.455. The largest absolute Gasteiger partial charge is 0.396 e. The van der Waals surface area contributed by atoms with Crippen molar-refractivity contribution >= 4 is 5.82 Å². The average molecular weight is 219 g/mol. The summed E-state index contributed by atoms with van der Waals surface area (Å²) < 4.78 is 1.63. The van der Waals surface area contributed by atoms with Crippen molar-refractivity contribution in [2.24, 2.45) is 11.8 Å². The topological polar surface area (TPSA) is 81.1 Å². The van der Waals surface area contributed by atoms with Crippen LogP contribution in [0.3, 0.4) is 0 Å². The summed E-state index contributed by atoms with van der Waals surface area (Å²) in [7, 11) is 0. The van der Waals surface area contributed by atoms with Crippen LogP contribution >= 0.6 is 0 Å². The lowest BCUT2D eigenvalue weighted by Gasteiger charge is -2.13. The Kier molecular flexibility index (Phi) is 1.77. The zero-order valence-corrected chi connectivity index (χ0v) is 8.71. The van der Waals surface area contributed by atoms with E-state index >= 15 is 0 Å². The minimum absolute atomic E-state index is 0.139. The van der Waals surface area contributed by atoms with Crippen molar-refractivity contribution < 1.29 is 5.11 Å². The summed E-state index contributed by atoms with van der Waals surface area (Å²) in [5.41, 5.74) is 4.89. The fourth-order valence-corrected chi connectivity index (χ4v) is 2.71. The molecule has 0 amide bonds. The van der Waals surface area contributed by atoms with Gasteiger partial charge in [-0.3, -0.25) is 4.57 Å². The predicted molar refractivity (Wildman–Crippen MR) is 58.7 cm³/mol. The second-order valence-corrected chi connectivity index (χ2v) is 4.51. The molecule has 0 bridgehead atoms. The van der Waals surface area contributed by atoms with Crippen molar-refractivity contribution in [3.8, 4) is 0 Å². The highest BCUT2D eigenvalue weighted by atomic mass is 16.3. The van der Waals surface area contributed by atoms with E-state index in [4.69, 9.17) is 10.8 Å². The van der Waals surface area contributed by atoms with Crippen LogP contribution in [0.15, 0.2) is 29.2 Å². The number of nitrogens with two attached hydrogens (primary N) is 1. The van der Waals surface area contributed by atoms with Gasteiger partial charge in [-0.2, -0.15) is 4.98 Å². The molecule has 1 saturated carbocycles. The lowest BCUT2D eigenvalue weighted by molar-refractivity contribution is 0.236. The van der Waals surface area contributed by atoms with Gasteiger partial charge in [-0.15, -0.1) is 0 Å². The van der Waals surface area contributed by atoms with Gasteiger partial charge in [0.1, 0.15) is 5.82 Å². The molecule has 3 N–H and O–H groups in total. The smallest absolute Gasteiger partial charge is 0.350 e. The van der Waals surface area contributed by atoms with Crippen LogP contribution < -0.4 is 11.4 Å². The van der Waals surface area contributed by atoms with Crippen LogP contribution in [0, 0.1) is 11.8 Å². The minimum atomic E-state index is -0.314. The van der Waals surface area contributed by atoms with Gasteiger partial charge >= 0.3 is 5.69 Å². The number of anilines is 1. The van der Waals surface area contributed by atoms with Gasteiger partial charge in [-0.25, -0.2) is 4.79 Å². The maximum Gasteiger partial charge on any atom is 0.350 e. The van der Waals surface area contributed by atoms with Gasteiger partial charge in [0.2, 0.25) is 0 Å². The van der Waals surface area contributed by atoms with Crippen LogP contribution in [0.2, 0.25) is 0 Å². The number of nitrogen functional groups attached to an aromatic ring is 1. The van der Waals surface area contributed by atoms with Crippen LogP contribution in [0.25, 0.3) is 0 Å². The third kappa shape index (κ3) is 1.09. The summed E-state index contributed by atoms with van der Waals surface area (Å²) in [5.74, 6) is 0.751. The van der Waals surface area contributed by atoms with Gasteiger partial charge in [0, 0.05) is 18.7 Å². The number of rotatable bonds is 2. The van der Waals surface area contributed by atoms with Crippen molar-refractivity contribution in [3.63, 3.8) is 0 Å². The van der Waals surface area contributed by atoms with Gasteiger partial charge in [0.05, 0.1) is 5.54 Å². The maximum atomic E-state index is 11.7. The number of allylic oxidation sites excluding steroid dienone is 1. The lowest BCUT2D eigenvalue weighted by atomic mass is 10.1. The Hall–Kier alpha value is -1.62. The Morgan fingerprint density at radius 2 is 2.50 bits per heavy atom. The van der Waals surface area contributed by atoms with Crippen molar-refractivity contribution in [1.82, 2.24) is 9.55 Å². The molecule has 5 nitrogen and oxygen atoms in total. The molecule has 0 aliphatic heterocycles. The van der Waals surface area contributed by atoms with Crippen molar-refractivity contribution in [2.45, 2.75) is 12.0 Å². The number of aliphatic hydroxyl groups is 1. The summed E-state index contributed by atoms with van der Waals surface area (Å²) in [4.78, 5) is 15.5. The van der Waals surface area contributed by atoms with Crippen LogP contribution in [0.5, 0.6) is 0 Å². The molecule has 0 radical (unpaired) electrons. The molecule has 0 unspecified atom stereocenters. The van der Waals surface area contributed by atoms with Crippen LogP contribution in [0.4, 0.5) is 5.82 Å². The summed E-state index contributed by atoms with van der Waals surface area (Å²) in [5, 5.41) is 9.16. The van der Waals surface area contributed by atoms with E-state index in [1.54, 1.807) is 16.8 Å². The van der Waals surface area contributed by atoms with E-state index in [0.29, 0.717) is 5.92 Å². The standard InChI is InChI=1S/C11H13N3O2/c12-9-2-4-14(10(16)13-9)11-3-1-7(6-15)8(11)5-11/h1-4,7-8,15H,5-6H2,(H2,12,13,16)/t7-,8-,11+/m0/s1. The Labute approximate surface area is 92.2 Å². The molecule has 16 heavy (non-hydrogen) atoms. The van der Waals surface area contributed by atoms with Crippen molar-refractivity contribution in [1.29, 1.82) is 0 Å². The molecule has 1 aromatic rings. The first kappa shape index (κ1) is 9.59. The van der Waals surface area contributed by atoms with Gasteiger partial charge < -0.3 is 10.8 Å². The Bertz CT molecular complexity index is 522. The van der Waals surface area contributed by atoms with E-state index in [0.717, 1.165) is 6.42 Å². The number of aromatic nitrogens is 2. The number of fused-ring (bicyclic) bond motifs is 1.